The standard InChI is InChI=1S/C22H31N3O3S/c1-15(2)21(18-9-7-6-8-10-18)23-17(5)22(26)24-19-11-13-20(14-12-19)29(27,28)25-16(3)4/h6-17,21,23,25H,1-5H3,(H,24,26)/p+1/t17-,21-/m1/s1. The maximum Gasteiger partial charge on any atom is 0.282 e. The summed E-state index contributed by atoms with van der Waals surface area (Å²) < 4.78 is 26.9. The molecule has 2 rings (SSSR count). The van der Waals surface area contributed by atoms with Crippen LogP contribution in [0, 0.1) is 5.92 Å². The van der Waals surface area contributed by atoms with Crippen LogP contribution in [0.2, 0.25) is 0 Å². The van der Waals surface area contributed by atoms with E-state index in [2.05, 4.69) is 41.3 Å². The minimum atomic E-state index is -3.55. The van der Waals surface area contributed by atoms with Gasteiger partial charge in [0.15, 0.2) is 6.04 Å². The van der Waals surface area contributed by atoms with Crippen molar-refractivity contribution in [3.8, 4) is 0 Å². The number of anilines is 1. The van der Waals surface area contributed by atoms with Crippen LogP contribution in [0.1, 0.15) is 46.2 Å². The Balaban J connectivity index is 2.03. The molecule has 0 saturated carbocycles. The van der Waals surface area contributed by atoms with E-state index < -0.39 is 10.0 Å². The zero-order chi connectivity index (χ0) is 21.6. The predicted octanol–water partition coefficient (Wildman–Crippen LogP) is 2.66. The Kier molecular flexibility index (Phi) is 7.96. The van der Waals surface area contributed by atoms with Gasteiger partial charge in [-0.3, -0.25) is 4.79 Å². The Morgan fingerprint density at radius 3 is 2.00 bits per heavy atom. The second-order valence-electron chi connectivity index (χ2n) is 7.95. The molecule has 1 amide bonds. The highest BCUT2D eigenvalue weighted by Crippen LogP contribution is 2.18. The zero-order valence-corrected chi connectivity index (χ0v) is 18.5. The van der Waals surface area contributed by atoms with Crippen molar-refractivity contribution in [1.82, 2.24) is 4.72 Å². The smallest absolute Gasteiger partial charge is 0.282 e. The second kappa shape index (κ2) is 10.0. The molecule has 2 aromatic carbocycles. The maximum absolute atomic E-state index is 12.7. The van der Waals surface area contributed by atoms with Gasteiger partial charge in [0, 0.05) is 23.2 Å². The third-order valence-electron chi connectivity index (χ3n) is 4.64. The lowest BCUT2D eigenvalue weighted by Gasteiger charge is -2.23. The number of carbonyl (C=O) groups is 1. The summed E-state index contributed by atoms with van der Waals surface area (Å²) in [6.45, 7) is 9.69. The minimum Gasteiger partial charge on any atom is -0.330 e. The van der Waals surface area contributed by atoms with Gasteiger partial charge in [-0.1, -0.05) is 44.2 Å². The summed E-state index contributed by atoms with van der Waals surface area (Å²) in [5.41, 5.74) is 1.76. The fraction of sp³-hybridized carbons (Fsp3) is 0.409. The molecule has 0 spiro atoms. The quantitative estimate of drug-likeness (QED) is 0.585. The van der Waals surface area contributed by atoms with Crippen LogP contribution >= 0.6 is 0 Å². The van der Waals surface area contributed by atoms with Crippen LogP contribution in [0.5, 0.6) is 0 Å². The van der Waals surface area contributed by atoms with E-state index in [0.717, 1.165) is 0 Å². The van der Waals surface area contributed by atoms with Crippen LogP contribution in [0.25, 0.3) is 0 Å². The molecule has 6 nitrogen and oxygen atoms in total. The van der Waals surface area contributed by atoms with Crippen LogP contribution in [-0.2, 0) is 14.8 Å². The average molecular weight is 419 g/mol. The van der Waals surface area contributed by atoms with E-state index >= 15 is 0 Å². The second-order valence-corrected chi connectivity index (χ2v) is 9.67. The molecule has 0 fully saturated rings. The van der Waals surface area contributed by atoms with Crippen LogP contribution < -0.4 is 15.4 Å². The molecule has 0 aliphatic carbocycles. The van der Waals surface area contributed by atoms with Crippen molar-refractivity contribution in [2.45, 2.75) is 57.6 Å². The topological polar surface area (TPSA) is 91.9 Å². The van der Waals surface area contributed by atoms with Gasteiger partial charge in [0.1, 0.15) is 6.04 Å². The summed E-state index contributed by atoms with van der Waals surface area (Å²) in [6.07, 6.45) is 0. The van der Waals surface area contributed by atoms with E-state index in [9.17, 15) is 13.2 Å². The summed E-state index contributed by atoms with van der Waals surface area (Å²) in [7, 11) is -3.55. The number of amides is 1. The number of carbonyl (C=O) groups excluding carboxylic acids is 1. The number of nitrogens with one attached hydrogen (secondary N) is 2. The molecule has 2 atom stereocenters. The molecular weight excluding hydrogens is 386 g/mol. The third kappa shape index (κ3) is 6.66. The Hall–Kier alpha value is -2.22. The molecule has 0 unspecified atom stereocenters. The number of hydrogen-bond donors (Lipinski definition) is 3. The number of quaternary nitrogens is 1. The van der Waals surface area contributed by atoms with Crippen molar-refractivity contribution < 1.29 is 18.5 Å². The molecule has 0 saturated heterocycles. The fourth-order valence-corrected chi connectivity index (χ4v) is 4.39. The van der Waals surface area contributed by atoms with Crippen LogP contribution in [0.3, 0.4) is 0 Å². The first-order valence-corrected chi connectivity index (χ1v) is 11.4. The normalized spacial score (nSPS) is 14.0. The van der Waals surface area contributed by atoms with Crippen molar-refractivity contribution in [3.63, 3.8) is 0 Å². The van der Waals surface area contributed by atoms with Crippen LogP contribution in [0.15, 0.2) is 59.5 Å². The molecule has 2 aromatic rings. The van der Waals surface area contributed by atoms with Gasteiger partial charge in [0.25, 0.3) is 5.91 Å². The summed E-state index contributed by atoms with van der Waals surface area (Å²) in [4.78, 5) is 12.8. The Labute approximate surface area is 174 Å². The van der Waals surface area contributed by atoms with Crippen LogP contribution in [0.4, 0.5) is 5.69 Å². The van der Waals surface area contributed by atoms with Gasteiger partial charge < -0.3 is 10.6 Å². The Bertz CT molecular complexity index is 895. The molecule has 0 heterocycles. The van der Waals surface area contributed by atoms with Crippen LogP contribution in [-0.4, -0.2) is 26.4 Å². The van der Waals surface area contributed by atoms with E-state index in [0.29, 0.717) is 11.6 Å². The van der Waals surface area contributed by atoms with Crippen molar-refractivity contribution in [2.75, 3.05) is 5.32 Å². The number of rotatable bonds is 9. The molecule has 0 radical (unpaired) electrons. The summed E-state index contributed by atoms with van der Waals surface area (Å²) in [5.74, 6) is 0.244. The van der Waals surface area contributed by atoms with Gasteiger partial charge in [-0.15, -0.1) is 0 Å². The van der Waals surface area contributed by atoms with Gasteiger partial charge in [0.2, 0.25) is 10.0 Å². The van der Waals surface area contributed by atoms with E-state index in [1.807, 2.05) is 25.1 Å². The monoisotopic (exact) mass is 418 g/mol. The number of hydrogen-bond acceptors (Lipinski definition) is 3. The lowest BCUT2D eigenvalue weighted by molar-refractivity contribution is -0.718. The van der Waals surface area contributed by atoms with Crippen molar-refractivity contribution >= 4 is 21.6 Å². The summed E-state index contributed by atoms with van der Waals surface area (Å²) in [5, 5.41) is 4.94. The highest BCUT2D eigenvalue weighted by molar-refractivity contribution is 7.89. The van der Waals surface area contributed by atoms with Gasteiger partial charge in [-0.2, -0.15) is 0 Å². The molecule has 0 aliphatic heterocycles. The van der Waals surface area contributed by atoms with Gasteiger partial charge in [0.05, 0.1) is 4.90 Å². The number of nitrogens with two attached hydrogens (primary N) is 1. The van der Waals surface area contributed by atoms with E-state index in [1.165, 1.54) is 17.7 Å². The number of sulfonamides is 1. The first-order valence-electron chi connectivity index (χ1n) is 9.93. The molecule has 0 aliphatic rings. The molecule has 0 bridgehead atoms. The molecule has 4 N–H and O–H groups in total. The molecule has 7 heteroatoms. The van der Waals surface area contributed by atoms with Crippen molar-refractivity contribution in [1.29, 1.82) is 0 Å². The SMILES string of the molecule is CC(C)NS(=O)(=O)c1ccc(NC(=O)[C@@H](C)[NH2+][C@@H](c2ccccc2)C(C)C)cc1. The van der Waals surface area contributed by atoms with Gasteiger partial charge in [-0.05, 0) is 45.0 Å². The molecule has 158 valence electrons. The average Bonchev–Trinajstić information content (AvgIpc) is 2.65. The van der Waals surface area contributed by atoms with Crippen molar-refractivity contribution in [2.24, 2.45) is 5.92 Å². The van der Waals surface area contributed by atoms with Crippen molar-refractivity contribution in [3.05, 3.63) is 60.2 Å². The molecular formula is C22H32N3O3S+. The summed E-state index contributed by atoms with van der Waals surface area (Å²) in [6, 6.07) is 16.1. The first kappa shape index (κ1) is 23.1. The summed E-state index contributed by atoms with van der Waals surface area (Å²) >= 11 is 0. The Morgan fingerprint density at radius 2 is 1.48 bits per heavy atom. The maximum atomic E-state index is 12.7. The first-order chi connectivity index (χ1) is 13.6. The predicted molar refractivity (Wildman–Crippen MR) is 116 cm³/mol. The molecule has 29 heavy (non-hydrogen) atoms. The lowest BCUT2D eigenvalue weighted by atomic mass is 9.95. The largest absolute Gasteiger partial charge is 0.330 e. The minimum absolute atomic E-state index is 0.123. The van der Waals surface area contributed by atoms with E-state index in [4.69, 9.17) is 0 Å². The fourth-order valence-electron chi connectivity index (χ4n) is 3.14. The zero-order valence-electron chi connectivity index (χ0n) is 17.7. The van der Waals surface area contributed by atoms with Gasteiger partial charge in [-0.25, -0.2) is 13.1 Å². The molecule has 0 aromatic heterocycles. The van der Waals surface area contributed by atoms with E-state index in [1.54, 1.807) is 26.0 Å². The Morgan fingerprint density at radius 1 is 0.897 bits per heavy atom. The lowest BCUT2D eigenvalue weighted by Crippen LogP contribution is -2.93. The highest BCUT2D eigenvalue weighted by Gasteiger charge is 2.26. The van der Waals surface area contributed by atoms with E-state index in [-0.39, 0.29) is 28.9 Å². The number of benzene rings is 2. The van der Waals surface area contributed by atoms with Gasteiger partial charge >= 0.3 is 0 Å². The highest BCUT2D eigenvalue weighted by atomic mass is 32.2. The third-order valence-corrected chi connectivity index (χ3v) is 6.31.